The number of aliphatic hydroxyl groups is 10. The quantitative estimate of drug-likeness (QED) is 0.176. The van der Waals surface area contributed by atoms with Gasteiger partial charge in [0.1, 0.15) is 30.0 Å². The number of cyclic esters (lactones) is 1. The maximum Gasteiger partial charge on any atom is 0.306 e. The SMILES string of the molecule is CCC1OC(=O)CC[C@@H](O)[C@H](O)C[C@H](O)C[C@]2(O)C[C@H](O)[C@](C)(O)C(CC(O[C@@H]3O[C@H](C)[C@@H](O)[C@H](O)[C@@H]3O)/C=C/C=C/C=C/C=C/C=C/C(C)C(O[C@H]3C[C@@H](O)[C@@H](C)[C@H](C)O3)C1C)O2. The van der Waals surface area contributed by atoms with Crippen LogP contribution in [-0.2, 0) is 33.2 Å². The Labute approximate surface area is 377 Å². The van der Waals surface area contributed by atoms with Gasteiger partial charge in [0.25, 0.3) is 0 Å². The van der Waals surface area contributed by atoms with Crippen LogP contribution in [0.5, 0.6) is 0 Å². The van der Waals surface area contributed by atoms with Crippen molar-refractivity contribution in [2.45, 2.75) is 209 Å². The number of hydrogen-bond donors (Lipinski definition) is 10. The van der Waals surface area contributed by atoms with Crippen LogP contribution in [0.2, 0.25) is 0 Å². The summed E-state index contributed by atoms with van der Waals surface area (Å²) >= 11 is 0. The van der Waals surface area contributed by atoms with E-state index in [1.54, 1.807) is 36.5 Å². The first-order valence-corrected chi connectivity index (χ1v) is 22.8. The summed E-state index contributed by atoms with van der Waals surface area (Å²) in [5, 5.41) is 109. The van der Waals surface area contributed by atoms with E-state index in [-0.39, 0.29) is 49.5 Å². The number of ether oxygens (including phenoxy) is 6. The number of carbonyl (C=O) groups excluding carboxylic acids is 1. The Morgan fingerprint density at radius 2 is 1.31 bits per heavy atom. The molecule has 3 fully saturated rings. The van der Waals surface area contributed by atoms with Crippen molar-refractivity contribution in [3.05, 3.63) is 60.8 Å². The van der Waals surface area contributed by atoms with Crippen molar-refractivity contribution in [2.75, 3.05) is 0 Å². The molecule has 0 aromatic rings. The van der Waals surface area contributed by atoms with E-state index in [1.165, 1.54) is 13.8 Å². The number of rotatable bonds is 5. The summed E-state index contributed by atoms with van der Waals surface area (Å²) in [6.07, 6.45) is -1.95. The molecule has 0 aromatic heterocycles. The minimum atomic E-state index is -2.23. The van der Waals surface area contributed by atoms with Gasteiger partial charge in [-0.05, 0) is 33.6 Å². The average molecular weight is 913 g/mol. The molecule has 64 heavy (non-hydrogen) atoms. The van der Waals surface area contributed by atoms with E-state index in [2.05, 4.69) is 0 Å². The van der Waals surface area contributed by atoms with Gasteiger partial charge in [-0.1, -0.05) is 88.5 Å². The van der Waals surface area contributed by atoms with E-state index >= 15 is 0 Å². The zero-order valence-corrected chi connectivity index (χ0v) is 38.2. The molecule has 0 saturated carbocycles. The molecule has 3 saturated heterocycles. The zero-order chi connectivity index (χ0) is 47.5. The van der Waals surface area contributed by atoms with E-state index in [4.69, 9.17) is 28.4 Å². The zero-order valence-electron chi connectivity index (χ0n) is 38.2. The van der Waals surface area contributed by atoms with E-state index in [0.29, 0.717) is 6.42 Å². The summed E-state index contributed by atoms with van der Waals surface area (Å²) in [7, 11) is 0. The predicted molar refractivity (Wildman–Crippen MR) is 233 cm³/mol. The first-order valence-electron chi connectivity index (χ1n) is 22.8. The molecule has 4 aliphatic rings. The molecular formula is C47H76O17. The van der Waals surface area contributed by atoms with Crippen LogP contribution >= 0.6 is 0 Å². The van der Waals surface area contributed by atoms with Gasteiger partial charge in [-0.25, -0.2) is 0 Å². The molecule has 0 radical (unpaired) electrons. The molecule has 366 valence electrons. The van der Waals surface area contributed by atoms with Crippen molar-refractivity contribution in [1.82, 2.24) is 0 Å². The van der Waals surface area contributed by atoms with Gasteiger partial charge >= 0.3 is 5.97 Å². The van der Waals surface area contributed by atoms with Gasteiger partial charge in [-0.15, -0.1) is 0 Å². The van der Waals surface area contributed by atoms with Crippen LogP contribution in [-0.4, -0.2) is 166 Å². The van der Waals surface area contributed by atoms with Crippen LogP contribution in [0.25, 0.3) is 0 Å². The van der Waals surface area contributed by atoms with Gasteiger partial charge in [-0.3, -0.25) is 4.79 Å². The van der Waals surface area contributed by atoms with Crippen LogP contribution in [0, 0.1) is 17.8 Å². The highest BCUT2D eigenvalue weighted by molar-refractivity contribution is 5.69. The molecule has 17 heteroatoms. The van der Waals surface area contributed by atoms with Gasteiger partial charge in [0.2, 0.25) is 0 Å². The maximum absolute atomic E-state index is 13.2. The van der Waals surface area contributed by atoms with Gasteiger partial charge in [0, 0.05) is 56.3 Å². The minimum Gasteiger partial charge on any atom is -0.462 e. The molecule has 2 bridgehead atoms. The van der Waals surface area contributed by atoms with Gasteiger partial charge in [0.05, 0.1) is 61.0 Å². The van der Waals surface area contributed by atoms with Crippen LogP contribution in [0.4, 0.5) is 0 Å². The van der Waals surface area contributed by atoms with E-state index in [1.807, 2.05) is 58.9 Å². The normalized spacial score (nSPS) is 49.0. The van der Waals surface area contributed by atoms with Crippen LogP contribution in [0.3, 0.4) is 0 Å². The molecule has 21 atom stereocenters. The fraction of sp³-hybridized carbons (Fsp3) is 0.766. The smallest absolute Gasteiger partial charge is 0.306 e. The van der Waals surface area contributed by atoms with Crippen molar-refractivity contribution in [3.8, 4) is 0 Å². The lowest BCUT2D eigenvalue weighted by molar-refractivity contribution is -0.341. The second-order valence-corrected chi connectivity index (χ2v) is 18.5. The molecule has 4 heterocycles. The third kappa shape index (κ3) is 15.0. The first kappa shape index (κ1) is 54.2. The summed E-state index contributed by atoms with van der Waals surface area (Å²) in [5.74, 6) is -3.46. The number of esters is 1. The van der Waals surface area contributed by atoms with Gasteiger partial charge in [-0.2, -0.15) is 0 Å². The topological polar surface area (TPSA) is 275 Å². The van der Waals surface area contributed by atoms with Crippen molar-refractivity contribution < 1.29 is 84.3 Å². The Hall–Kier alpha value is -2.43. The summed E-state index contributed by atoms with van der Waals surface area (Å²) in [4.78, 5) is 13.2. The lowest BCUT2D eigenvalue weighted by atomic mass is 9.80. The summed E-state index contributed by atoms with van der Waals surface area (Å²) in [5.41, 5.74) is -1.96. The second-order valence-electron chi connectivity index (χ2n) is 18.5. The third-order valence-electron chi connectivity index (χ3n) is 13.2. The number of fused-ring (bicyclic) bond motifs is 2. The molecule has 0 aromatic carbocycles. The number of carbonyl (C=O) groups is 1. The molecular weight excluding hydrogens is 836 g/mol. The fourth-order valence-corrected chi connectivity index (χ4v) is 8.66. The number of aliphatic hydroxyl groups excluding tert-OH is 8. The lowest BCUT2D eigenvalue weighted by Crippen LogP contribution is -2.63. The standard InChI is InChI=1S/C47H76O17/c1-8-36-28(4)44(63-40-23-34(50)27(3)29(5)59-40)26(2)17-15-13-11-9-10-12-14-16-18-32(61-45-43(56)42(55)41(54)30(6)60-45)22-38-46(7,57)37(52)25-47(58,64-38)24-31(48)21-35(51)33(49)19-20-39(53)62-36/h9-18,26-38,40-45,48-52,54-58H,8,19-25H2,1-7H3/b10-9+,13-11+,14-12+,17-15+,18-16+/t26?,27-,28?,29-,30+,31-,32?,33+,34+,35+,36?,37-,38?,40-,41+,42-,43-,44?,45-,46-,47+/m0/s1. The van der Waals surface area contributed by atoms with Crippen LogP contribution in [0.15, 0.2) is 60.8 Å². The van der Waals surface area contributed by atoms with Gasteiger partial charge in [0.15, 0.2) is 18.4 Å². The monoisotopic (exact) mass is 913 g/mol. The van der Waals surface area contributed by atoms with E-state index in [0.717, 1.165) is 0 Å². The molecule has 0 amide bonds. The molecule has 4 rings (SSSR count). The Morgan fingerprint density at radius 1 is 0.688 bits per heavy atom. The highest BCUT2D eigenvalue weighted by Gasteiger charge is 2.54. The summed E-state index contributed by atoms with van der Waals surface area (Å²) in [6, 6.07) is 0. The Kier molecular flexibility index (Phi) is 20.8. The summed E-state index contributed by atoms with van der Waals surface area (Å²) in [6.45, 7) is 12.4. The Bertz CT molecular complexity index is 1570. The van der Waals surface area contributed by atoms with Crippen molar-refractivity contribution in [2.24, 2.45) is 17.8 Å². The second kappa shape index (κ2) is 24.5. The molecule has 17 nitrogen and oxygen atoms in total. The van der Waals surface area contributed by atoms with Crippen molar-refractivity contribution in [3.63, 3.8) is 0 Å². The first-order chi connectivity index (χ1) is 30.1. The van der Waals surface area contributed by atoms with Crippen LogP contribution < -0.4 is 0 Å². The van der Waals surface area contributed by atoms with Crippen LogP contribution in [0.1, 0.15) is 99.8 Å². The number of hydrogen-bond acceptors (Lipinski definition) is 17. The summed E-state index contributed by atoms with van der Waals surface area (Å²) < 4.78 is 36.3. The van der Waals surface area contributed by atoms with Gasteiger partial charge < -0.3 is 79.5 Å². The predicted octanol–water partition coefficient (Wildman–Crippen LogP) is 1.73. The Balaban J connectivity index is 1.62. The minimum absolute atomic E-state index is 0.0733. The fourth-order valence-electron chi connectivity index (χ4n) is 8.66. The molecule has 10 N–H and O–H groups in total. The van der Waals surface area contributed by atoms with Crippen molar-refractivity contribution in [1.29, 1.82) is 0 Å². The molecule has 0 aliphatic carbocycles. The van der Waals surface area contributed by atoms with E-state index in [9.17, 15) is 55.9 Å². The molecule has 4 aliphatic heterocycles. The Morgan fingerprint density at radius 3 is 1.94 bits per heavy atom. The van der Waals surface area contributed by atoms with Crippen molar-refractivity contribution >= 4 is 5.97 Å². The largest absolute Gasteiger partial charge is 0.462 e. The average Bonchev–Trinajstić information content (AvgIpc) is 3.22. The molecule has 0 spiro atoms. The highest BCUT2D eigenvalue weighted by Crippen LogP contribution is 2.40. The highest BCUT2D eigenvalue weighted by atomic mass is 16.7. The lowest BCUT2D eigenvalue weighted by Gasteiger charge is -2.49. The van der Waals surface area contributed by atoms with E-state index < -0.39 is 129 Å². The molecule has 6 unspecified atom stereocenters. The third-order valence-corrected chi connectivity index (χ3v) is 13.2. The maximum atomic E-state index is 13.2. The number of allylic oxidation sites excluding steroid dienone is 8.